The number of carbonyl (C=O) groups excluding carboxylic acids is 2. The Bertz CT molecular complexity index is 731. The standard InChI is InChI=1S/C18H21NO6/c1-19-5-3-10-7-14-16(25-9-24-14)17(22-2)15(10)12(19)8-13(20)11-4-6-23-18(11)21/h7,11-12H,3-6,8-9H2,1-2H3/p+1/t11-,12-/m0/s1. The molecule has 7 heteroatoms. The van der Waals surface area contributed by atoms with E-state index >= 15 is 0 Å². The Morgan fingerprint density at radius 3 is 2.92 bits per heavy atom. The van der Waals surface area contributed by atoms with Gasteiger partial charge in [0.1, 0.15) is 12.0 Å². The first kappa shape index (κ1) is 16.2. The van der Waals surface area contributed by atoms with Crippen molar-refractivity contribution in [3.8, 4) is 17.2 Å². The number of methoxy groups -OCH3 is 1. The van der Waals surface area contributed by atoms with Crippen LogP contribution in [0.25, 0.3) is 0 Å². The maximum atomic E-state index is 12.7. The molecule has 1 saturated heterocycles. The van der Waals surface area contributed by atoms with Crippen molar-refractivity contribution in [3.05, 3.63) is 17.2 Å². The van der Waals surface area contributed by atoms with Gasteiger partial charge in [-0.1, -0.05) is 0 Å². The van der Waals surface area contributed by atoms with Crippen LogP contribution in [0.1, 0.15) is 30.0 Å². The lowest BCUT2D eigenvalue weighted by atomic mass is 9.86. The number of nitrogens with one attached hydrogen (secondary N) is 1. The molecule has 1 unspecified atom stereocenters. The average Bonchev–Trinajstić information content (AvgIpc) is 3.23. The highest BCUT2D eigenvalue weighted by molar-refractivity contribution is 6.00. The predicted molar refractivity (Wildman–Crippen MR) is 86.0 cm³/mol. The Kier molecular flexibility index (Phi) is 4.03. The van der Waals surface area contributed by atoms with E-state index in [-0.39, 0.29) is 25.0 Å². The maximum absolute atomic E-state index is 12.7. The summed E-state index contributed by atoms with van der Waals surface area (Å²) in [6, 6.07) is 1.92. The number of ketones is 1. The molecular formula is C18H22NO6+. The molecule has 0 amide bonds. The van der Waals surface area contributed by atoms with E-state index < -0.39 is 11.9 Å². The number of quaternary nitrogens is 1. The fourth-order valence-electron chi connectivity index (χ4n) is 4.03. The van der Waals surface area contributed by atoms with Crippen LogP contribution in [0.2, 0.25) is 0 Å². The van der Waals surface area contributed by atoms with Gasteiger partial charge in [-0.3, -0.25) is 9.59 Å². The van der Waals surface area contributed by atoms with Crippen LogP contribution < -0.4 is 19.1 Å². The summed E-state index contributed by atoms with van der Waals surface area (Å²) in [5.74, 6) is 0.873. The van der Waals surface area contributed by atoms with Crippen LogP contribution >= 0.6 is 0 Å². The van der Waals surface area contributed by atoms with Crippen molar-refractivity contribution < 1.29 is 33.4 Å². The topological polar surface area (TPSA) is 75.5 Å². The van der Waals surface area contributed by atoms with E-state index in [1.54, 1.807) is 7.11 Å². The highest BCUT2D eigenvalue weighted by Gasteiger charge is 2.41. The van der Waals surface area contributed by atoms with E-state index in [4.69, 9.17) is 18.9 Å². The van der Waals surface area contributed by atoms with Gasteiger partial charge in [-0.05, 0) is 11.6 Å². The van der Waals surface area contributed by atoms with E-state index in [9.17, 15) is 9.59 Å². The molecule has 7 nitrogen and oxygen atoms in total. The van der Waals surface area contributed by atoms with Crippen molar-refractivity contribution in [2.45, 2.75) is 25.3 Å². The third kappa shape index (κ3) is 2.63. The lowest BCUT2D eigenvalue weighted by molar-refractivity contribution is -0.914. The van der Waals surface area contributed by atoms with E-state index in [2.05, 4.69) is 7.05 Å². The van der Waals surface area contributed by atoms with Gasteiger partial charge < -0.3 is 23.8 Å². The number of fused-ring (bicyclic) bond motifs is 2. The maximum Gasteiger partial charge on any atom is 0.316 e. The van der Waals surface area contributed by atoms with Crippen LogP contribution in [0.15, 0.2) is 6.07 Å². The van der Waals surface area contributed by atoms with Crippen molar-refractivity contribution in [2.24, 2.45) is 5.92 Å². The summed E-state index contributed by atoms with van der Waals surface area (Å²) in [7, 11) is 3.67. The number of benzene rings is 1. The van der Waals surface area contributed by atoms with Gasteiger partial charge in [0.2, 0.25) is 12.5 Å². The Morgan fingerprint density at radius 1 is 1.36 bits per heavy atom. The zero-order chi connectivity index (χ0) is 17.6. The van der Waals surface area contributed by atoms with Crippen LogP contribution in [0, 0.1) is 5.92 Å². The van der Waals surface area contributed by atoms with Crippen molar-refractivity contribution >= 4 is 11.8 Å². The largest absolute Gasteiger partial charge is 0.492 e. The average molecular weight is 348 g/mol. The van der Waals surface area contributed by atoms with Gasteiger partial charge in [-0.2, -0.15) is 0 Å². The molecule has 3 aliphatic rings. The number of hydrogen-bond donors (Lipinski definition) is 1. The molecular weight excluding hydrogens is 326 g/mol. The highest BCUT2D eigenvalue weighted by atomic mass is 16.7. The number of esters is 1. The van der Waals surface area contributed by atoms with Crippen molar-refractivity contribution in [1.29, 1.82) is 0 Å². The van der Waals surface area contributed by atoms with Gasteiger partial charge in [0.05, 0.1) is 39.3 Å². The molecule has 25 heavy (non-hydrogen) atoms. The Hall–Kier alpha value is -2.28. The minimum Gasteiger partial charge on any atom is -0.492 e. The molecule has 0 aromatic heterocycles. The number of hydrogen-bond acceptors (Lipinski definition) is 6. The molecule has 0 saturated carbocycles. The molecule has 3 atom stereocenters. The van der Waals surface area contributed by atoms with Gasteiger partial charge in [-0.25, -0.2) is 0 Å². The monoisotopic (exact) mass is 348 g/mol. The first-order valence-corrected chi connectivity index (χ1v) is 8.61. The van der Waals surface area contributed by atoms with Gasteiger partial charge in [-0.15, -0.1) is 0 Å². The summed E-state index contributed by atoms with van der Waals surface area (Å²) in [5, 5.41) is 0. The van der Waals surface area contributed by atoms with Crippen LogP contribution in [-0.2, 0) is 20.7 Å². The third-order valence-electron chi connectivity index (χ3n) is 5.41. The number of cyclic esters (lactones) is 1. The second-order valence-electron chi connectivity index (χ2n) is 6.79. The molecule has 134 valence electrons. The minimum absolute atomic E-state index is 0.0561. The van der Waals surface area contributed by atoms with Gasteiger partial charge in [0, 0.05) is 12.8 Å². The smallest absolute Gasteiger partial charge is 0.316 e. The summed E-state index contributed by atoms with van der Waals surface area (Å²) >= 11 is 0. The lowest BCUT2D eigenvalue weighted by Gasteiger charge is -2.33. The number of carbonyl (C=O) groups is 2. The van der Waals surface area contributed by atoms with Crippen LogP contribution in [0.4, 0.5) is 0 Å². The molecule has 0 bridgehead atoms. The predicted octanol–water partition coefficient (Wildman–Crippen LogP) is 0.0581. The molecule has 0 radical (unpaired) electrons. The number of Topliss-reactive ketones (excluding diaryl/α,β-unsaturated/α-hetero) is 1. The number of rotatable bonds is 4. The summed E-state index contributed by atoms with van der Waals surface area (Å²) in [6.07, 6.45) is 1.65. The van der Waals surface area contributed by atoms with E-state index in [1.165, 1.54) is 4.90 Å². The Morgan fingerprint density at radius 2 is 2.20 bits per heavy atom. The van der Waals surface area contributed by atoms with Crippen LogP contribution in [-0.4, -0.2) is 45.9 Å². The van der Waals surface area contributed by atoms with E-state index in [0.717, 1.165) is 24.1 Å². The summed E-state index contributed by atoms with van der Waals surface area (Å²) in [4.78, 5) is 25.7. The van der Waals surface area contributed by atoms with Gasteiger partial charge in [0.25, 0.3) is 0 Å². The van der Waals surface area contributed by atoms with Gasteiger partial charge >= 0.3 is 5.97 Å². The fourth-order valence-corrected chi connectivity index (χ4v) is 4.03. The zero-order valence-corrected chi connectivity index (χ0v) is 14.4. The summed E-state index contributed by atoms with van der Waals surface area (Å²) in [5.41, 5.74) is 2.12. The van der Waals surface area contributed by atoms with Crippen LogP contribution in [0.5, 0.6) is 17.2 Å². The fraction of sp³-hybridized carbons (Fsp3) is 0.556. The Labute approximate surface area is 145 Å². The first-order valence-electron chi connectivity index (χ1n) is 8.61. The first-order chi connectivity index (χ1) is 12.1. The zero-order valence-electron chi connectivity index (χ0n) is 14.4. The Balaban J connectivity index is 1.70. The molecule has 3 aliphatic heterocycles. The third-order valence-corrected chi connectivity index (χ3v) is 5.41. The molecule has 1 aromatic rings. The molecule has 1 N–H and O–H groups in total. The molecule has 0 spiro atoms. The van der Waals surface area contributed by atoms with Crippen molar-refractivity contribution in [3.63, 3.8) is 0 Å². The minimum atomic E-state index is -0.627. The number of likely N-dealkylation sites (N-methyl/N-ethyl adjacent to an activating group) is 1. The van der Waals surface area contributed by atoms with Crippen molar-refractivity contribution in [2.75, 3.05) is 34.1 Å². The van der Waals surface area contributed by atoms with E-state index in [1.807, 2.05) is 6.07 Å². The second kappa shape index (κ2) is 6.22. The summed E-state index contributed by atoms with van der Waals surface area (Å²) in [6.45, 7) is 1.42. The molecule has 3 heterocycles. The molecule has 1 fully saturated rings. The highest BCUT2D eigenvalue weighted by Crippen LogP contribution is 2.48. The van der Waals surface area contributed by atoms with Crippen LogP contribution in [0.3, 0.4) is 0 Å². The molecule has 0 aliphatic carbocycles. The number of ether oxygens (including phenoxy) is 4. The van der Waals surface area contributed by atoms with Crippen molar-refractivity contribution in [1.82, 2.24) is 0 Å². The normalized spacial score (nSPS) is 27.0. The second-order valence-corrected chi connectivity index (χ2v) is 6.79. The summed E-state index contributed by atoms with van der Waals surface area (Å²) < 4.78 is 21.7. The lowest BCUT2D eigenvalue weighted by Crippen LogP contribution is -3.10. The molecule has 4 rings (SSSR count). The van der Waals surface area contributed by atoms with Gasteiger partial charge in [0.15, 0.2) is 17.3 Å². The quantitative estimate of drug-likeness (QED) is 0.613. The molecule has 1 aromatic carbocycles. The SMILES string of the molecule is COc1c2c(cc3c1[C@H](CC(=O)[C@@H]1CCOC1=O)[NH+](C)CC3)OCO2. The van der Waals surface area contributed by atoms with E-state index in [0.29, 0.717) is 30.3 Å².